The lowest BCUT2D eigenvalue weighted by Crippen LogP contribution is -2.48. The van der Waals surface area contributed by atoms with E-state index < -0.39 is 11.6 Å². The number of hydrogen-bond donors (Lipinski definition) is 2. The zero-order chi connectivity index (χ0) is 19.1. The molecule has 2 aromatic rings. The number of benzene rings is 1. The molecule has 0 atom stereocenters. The van der Waals surface area contributed by atoms with Crippen molar-refractivity contribution in [3.8, 4) is 0 Å². The second-order valence-corrected chi connectivity index (χ2v) is 6.77. The number of hydrogen-bond acceptors (Lipinski definition) is 3. The highest BCUT2D eigenvalue weighted by Gasteiger charge is 2.20. The van der Waals surface area contributed by atoms with Crippen molar-refractivity contribution in [1.29, 1.82) is 0 Å². The van der Waals surface area contributed by atoms with Gasteiger partial charge in [-0.3, -0.25) is 9.89 Å². The molecule has 1 aliphatic heterocycles. The van der Waals surface area contributed by atoms with Crippen LogP contribution in [0.4, 0.5) is 8.78 Å². The normalized spacial score (nSPS) is 15.9. The fourth-order valence-electron chi connectivity index (χ4n) is 3.28. The lowest BCUT2D eigenvalue weighted by atomic mass is 10.0. The Morgan fingerprint density at radius 1 is 1.21 bits per heavy atom. The van der Waals surface area contributed by atoms with Gasteiger partial charge in [0.25, 0.3) is 0 Å². The number of nitrogens with zero attached hydrogens (tertiary/aromatic N) is 2. The lowest BCUT2D eigenvalue weighted by Gasteiger charge is -2.33. The third kappa shape index (κ3) is 6.73. The van der Waals surface area contributed by atoms with Crippen LogP contribution in [-0.2, 0) is 13.0 Å². The van der Waals surface area contributed by atoms with Crippen molar-refractivity contribution >= 4 is 29.9 Å². The highest BCUT2D eigenvalue weighted by atomic mass is 127. The van der Waals surface area contributed by atoms with Crippen LogP contribution in [0, 0.1) is 11.6 Å². The van der Waals surface area contributed by atoms with Crippen molar-refractivity contribution in [3.05, 3.63) is 59.6 Å². The zero-order valence-corrected chi connectivity index (χ0v) is 18.3. The molecule has 1 aromatic carbocycles. The SMILES string of the molecule is CN=C(NCCc1ccco1)NC1CCN(Cc2ccc(F)c(F)c2)CC1.I. The van der Waals surface area contributed by atoms with E-state index in [0.29, 0.717) is 12.6 Å². The molecule has 1 saturated heterocycles. The summed E-state index contributed by atoms with van der Waals surface area (Å²) in [5.41, 5.74) is 0.802. The van der Waals surface area contributed by atoms with Gasteiger partial charge in [-0.25, -0.2) is 8.78 Å². The van der Waals surface area contributed by atoms with Crippen LogP contribution >= 0.6 is 24.0 Å². The first-order chi connectivity index (χ1) is 13.1. The van der Waals surface area contributed by atoms with E-state index in [1.807, 2.05) is 12.1 Å². The number of rotatable bonds is 6. The van der Waals surface area contributed by atoms with Gasteiger partial charge in [0.1, 0.15) is 5.76 Å². The monoisotopic (exact) mass is 504 g/mol. The Hall–Kier alpha value is -1.68. The van der Waals surface area contributed by atoms with Gasteiger partial charge in [0.2, 0.25) is 0 Å². The van der Waals surface area contributed by atoms with Crippen LogP contribution in [0.15, 0.2) is 46.0 Å². The molecule has 1 aliphatic rings. The van der Waals surface area contributed by atoms with E-state index in [9.17, 15) is 8.78 Å². The average molecular weight is 504 g/mol. The molecular formula is C20H27F2IN4O. The van der Waals surface area contributed by atoms with Crippen LogP contribution in [0.3, 0.4) is 0 Å². The van der Waals surface area contributed by atoms with Crippen LogP contribution in [0.2, 0.25) is 0 Å². The number of guanidine groups is 1. The van der Waals surface area contributed by atoms with Crippen molar-refractivity contribution < 1.29 is 13.2 Å². The van der Waals surface area contributed by atoms with E-state index in [1.165, 1.54) is 12.1 Å². The third-order valence-corrected chi connectivity index (χ3v) is 4.79. The molecule has 8 heteroatoms. The Kier molecular flexibility index (Phi) is 9.17. The minimum atomic E-state index is -0.799. The summed E-state index contributed by atoms with van der Waals surface area (Å²) in [6.07, 6.45) is 4.43. The maximum absolute atomic E-state index is 13.3. The summed E-state index contributed by atoms with van der Waals surface area (Å²) < 4.78 is 31.7. The van der Waals surface area contributed by atoms with Crippen molar-refractivity contribution in [2.75, 3.05) is 26.7 Å². The summed E-state index contributed by atoms with van der Waals surface area (Å²) >= 11 is 0. The van der Waals surface area contributed by atoms with Gasteiger partial charge in [-0.1, -0.05) is 6.07 Å². The molecule has 28 heavy (non-hydrogen) atoms. The summed E-state index contributed by atoms with van der Waals surface area (Å²) in [6, 6.07) is 8.31. The van der Waals surface area contributed by atoms with Gasteiger partial charge in [-0.2, -0.15) is 0 Å². The van der Waals surface area contributed by atoms with Crippen LogP contribution in [0.1, 0.15) is 24.2 Å². The summed E-state index contributed by atoms with van der Waals surface area (Å²) in [6.45, 7) is 3.20. The molecule has 0 radical (unpaired) electrons. The topological polar surface area (TPSA) is 52.8 Å². The second kappa shape index (κ2) is 11.4. The molecule has 0 unspecified atom stereocenters. The summed E-state index contributed by atoms with van der Waals surface area (Å²) in [4.78, 5) is 6.54. The van der Waals surface area contributed by atoms with Crippen LogP contribution in [-0.4, -0.2) is 43.6 Å². The van der Waals surface area contributed by atoms with Gasteiger partial charge in [0.05, 0.1) is 6.26 Å². The zero-order valence-electron chi connectivity index (χ0n) is 16.0. The Labute approximate surface area is 181 Å². The Morgan fingerprint density at radius 3 is 2.64 bits per heavy atom. The van der Waals surface area contributed by atoms with Gasteiger partial charge in [0.15, 0.2) is 17.6 Å². The second-order valence-electron chi connectivity index (χ2n) is 6.77. The third-order valence-electron chi connectivity index (χ3n) is 4.79. The molecule has 0 amide bonds. The lowest BCUT2D eigenvalue weighted by molar-refractivity contribution is 0.198. The first kappa shape index (κ1) is 22.6. The summed E-state index contributed by atoms with van der Waals surface area (Å²) in [5, 5.41) is 6.76. The molecule has 0 spiro atoms. The van der Waals surface area contributed by atoms with Crippen molar-refractivity contribution in [2.24, 2.45) is 4.99 Å². The van der Waals surface area contributed by atoms with Crippen molar-refractivity contribution in [3.63, 3.8) is 0 Å². The van der Waals surface area contributed by atoms with E-state index in [2.05, 4.69) is 20.5 Å². The van der Waals surface area contributed by atoms with Crippen molar-refractivity contribution in [2.45, 2.75) is 31.8 Å². The number of furan rings is 1. The molecule has 2 heterocycles. The number of piperidine rings is 1. The first-order valence-electron chi connectivity index (χ1n) is 9.30. The fourth-order valence-corrected chi connectivity index (χ4v) is 3.28. The van der Waals surface area contributed by atoms with Gasteiger partial charge in [-0.05, 0) is 42.7 Å². The highest BCUT2D eigenvalue weighted by Crippen LogP contribution is 2.16. The van der Waals surface area contributed by atoms with Crippen molar-refractivity contribution in [1.82, 2.24) is 15.5 Å². The predicted octanol–water partition coefficient (Wildman–Crippen LogP) is 3.55. The maximum atomic E-state index is 13.3. The molecule has 1 fully saturated rings. The number of aliphatic imine (C=N–C) groups is 1. The van der Waals surface area contributed by atoms with E-state index in [4.69, 9.17) is 4.42 Å². The first-order valence-corrected chi connectivity index (χ1v) is 9.30. The molecule has 1 aromatic heterocycles. The minimum Gasteiger partial charge on any atom is -0.469 e. The molecule has 3 rings (SSSR count). The van der Waals surface area contributed by atoms with Gasteiger partial charge in [-0.15, -0.1) is 24.0 Å². The van der Waals surface area contributed by atoms with E-state index in [1.54, 1.807) is 19.4 Å². The predicted molar refractivity (Wildman–Crippen MR) is 117 cm³/mol. The van der Waals surface area contributed by atoms with Crippen LogP contribution < -0.4 is 10.6 Å². The molecule has 5 nitrogen and oxygen atoms in total. The van der Waals surface area contributed by atoms with E-state index in [-0.39, 0.29) is 24.0 Å². The van der Waals surface area contributed by atoms with Gasteiger partial charge < -0.3 is 15.1 Å². The number of likely N-dealkylation sites (tertiary alicyclic amines) is 1. The van der Waals surface area contributed by atoms with Crippen LogP contribution in [0.5, 0.6) is 0 Å². The molecular weight excluding hydrogens is 477 g/mol. The van der Waals surface area contributed by atoms with E-state index >= 15 is 0 Å². The Bertz CT molecular complexity index is 747. The number of nitrogens with one attached hydrogen (secondary N) is 2. The molecule has 2 N–H and O–H groups in total. The molecule has 0 aliphatic carbocycles. The molecule has 0 saturated carbocycles. The summed E-state index contributed by atoms with van der Waals surface area (Å²) in [7, 11) is 1.76. The highest BCUT2D eigenvalue weighted by molar-refractivity contribution is 14.0. The standard InChI is InChI=1S/C20H26F2N4O.HI/c1-23-20(24-9-6-17-3-2-12-27-17)25-16-7-10-26(11-8-16)14-15-4-5-18(21)19(22)13-15;/h2-5,12-13,16H,6-11,14H2,1H3,(H2,23,24,25);1H. The smallest absolute Gasteiger partial charge is 0.191 e. The maximum Gasteiger partial charge on any atom is 0.191 e. The fraction of sp³-hybridized carbons (Fsp3) is 0.450. The minimum absolute atomic E-state index is 0. The van der Waals surface area contributed by atoms with E-state index in [0.717, 1.165) is 56.2 Å². The largest absolute Gasteiger partial charge is 0.469 e. The average Bonchev–Trinajstić information content (AvgIpc) is 3.19. The van der Waals surface area contributed by atoms with Gasteiger partial charge in [0, 0.05) is 45.7 Å². The Morgan fingerprint density at radius 2 is 2.00 bits per heavy atom. The number of halogens is 3. The van der Waals surface area contributed by atoms with Crippen LogP contribution in [0.25, 0.3) is 0 Å². The molecule has 154 valence electrons. The van der Waals surface area contributed by atoms with Gasteiger partial charge >= 0.3 is 0 Å². The quantitative estimate of drug-likeness (QED) is 0.359. The Balaban J connectivity index is 0.00000280. The molecule has 0 bridgehead atoms. The summed E-state index contributed by atoms with van der Waals surface area (Å²) in [5.74, 6) is 0.158.